The second-order valence-corrected chi connectivity index (χ2v) is 9.80. The Kier molecular flexibility index (Phi) is 7.33. The van der Waals surface area contributed by atoms with Crippen LogP contribution in [-0.4, -0.2) is 31.8 Å². The fourth-order valence-corrected chi connectivity index (χ4v) is 5.57. The Labute approximate surface area is 229 Å². The lowest BCUT2D eigenvalue weighted by Crippen LogP contribution is -2.40. The van der Waals surface area contributed by atoms with Crippen LogP contribution in [0.25, 0.3) is 6.08 Å². The highest BCUT2D eigenvalue weighted by Crippen LogP contribution is 2.32. The van der Waals surface area contributed by atoms with E-state index in [0.29, 0.717) is 43.5 Å². The van der Waals surface area contributed by atoms with Gasteiger partial charge in [-0.15, -0.1) is 0 Å². The minimum Gasteiger partial charge on any atom is -0.497 e. The van der Waals surface area contributed by atoms with E-state index in [2.05, 4.69) is 5.32 Å². The summed E-state index contributed by atoms with van der Waals surface area (Å²) >= 11 is 1.27. The molecule has 198 valence electrons. The minimum atomic E-state index is -0.677. The molecule has 0 unspecified atom stereocenters. The fourth-order valence-electron chi connectivity index (χ4n) is 4.53. The van der Waals surface area contributed by atoms with Crippen LogP contribution in [0.3, 0.4) is 0 Å². The quantitative estimate of drug-likeness (QED) is 0.383. The molecule has 0 fully saturated rings. The van der Waals surface area contributed by atoms with Gasteiger partial charge in [0.2, 0.25) is 0 Å². The van der Waals surface area contributed by atoms with Gasteiger partial charge in [0.25, 0.3) is 11.5 Å². The Morgan fingerprint density at radius 1 is 0.949 bits per heavy atom. The van der Waals surface area contributed by atoms with Crippen molar-refractivity contribution in [2.75, 3.05) is 26.6 Å². The molecule has 1 atom stereocenters. The van der Waals surface area contributed by atoms with Crippen molar-refractivity contribution in [3.8, 4) is 17.2 Å². The maximum atomic E-state index is 13.9. The van der Waals surface area contributed by atoms with Gasteiger partial charge in [-0.1, -0.05) is 47.7 Å². The zero-order valence-electron chi connectivity index (χ0n) is 21.9. The van der Waals surface area contributed by atoms with E-state index in [1.54, 1.807) is 45.0 Å². The summed E-state index contributed by atoms with van der Waals surface area (Å²) in [7, 11) is 4.73. The maximum absolute atomic E-state index is 13.9. The molecule has 0 bridgehead atoms. The second-order valence-electron chi connectivity index (χ2n) is 8.79. The van der Waals surface area contributed by atoms with Gasteiger partial charge in [0.05, 0.1) is 43.2 Å². The van der Waals surface area contributed by atoms with Crippen molar-refractivity contribution in [1.29, 1.82) is 0 Å². The number of ether oxygens (including phenoxy) is 3. The summed E-state index contributed by atoms with van der Waals surface area (Å²) in [6.45, 7) is 1.79. The number of hydrogen-bond donors (Lipinski definition) is 1. The lowest BCUT2D eigenvalue weighted by molar-refractivity contribution is -0.113. The highest BCUT2D eigenvalue weighted by molar-refractivity contribution is 7.07. The molecule has 0 aliphatic carbocycles. The summed E-state index contributed by atoms with van der Waals surface area (Å²) in [5.41, 5.74) is 2.89. The summed E-state index contributed by atoms with van der Waals surface area (Å²) in [6.07, 6.45) is 1.79. The van der Waals surface area contributed by atoms with Gasteiger partial charge in [-0.2, -0.15) is 0 Å². The van der Waals surface area contributed by atoms with Crippen molar-refractivity contribution >= 4 is 29.0 Å². The first-order valence-electron chi connectivity index (χ1n) is 12.2. The van der Waals surface area contributed by atoms with Crippen LogP contribution in [0.5, 0.6) is 17.2 Å². The molecule has 8 nitrogen and oxygen atoms in total. The monoisotopic (exact) mass is 541 g/mol. The first-order valence-corrected chi connectivity index (χ1v) is 13.0. The van der Waals surface area contributed by atoms with Gasteiger partial charge in [0.15, 0.2) is 16.3 Å². The van der Waals surface area contributed by atoms with E-state index in [1.807, 2.05) is 66.7 Å². The molecule has 2 heterocycles. The standard InChI is InChI=1S/C30H27N3O5S/c1-18-26(28(34)32-21-8-6-5-7-9-21)27(20-11-13-22(36-2)14-12-20)33-29(35)25(39-30(33)31-18)17-19-10-15-23(37-3)24(16-19)38-4/h5-17,27H,1-4H3,(H,32,34)/b25-17+/t27-/m1/s1. The molecule has 39 heavy (non-hydrogen) atoms. The first-order chi connectivity index (χ1) is 18.9. The molecule has 0 radical (unpaired) electrons. The van der Waals surface area contributed by atoms with Gasteiger partial charge in [-0.3, -0.25) is 14.2 Å². The van der Waals surface area contributed by atoms with E-state index < -0.39 is 6.04 Å². The topological polar surface area (TPSA) is 91.2 Å². The van der Waals surface area contributed by atoms with E-state index in [-0.39, 0.29) is 11.5 Å². The Morgan fingerprint density at radius 2 is 1.67 bits per heavy atom. The Morgan fingerprint density at radius 3 is 2.33 bits per heavy atom. The van der Waals surface area contributed by atoms with E-state index >= 15 is 0 Å². The van der Waals surface area contributed by atoms with Crippen molar-refractivity contribution in [2.24, 2.45) is 4.99 Å². The van der Waals surface area contributed by atoms with Gasteiger partial charge >= 0.3 is 0 Å². The number of carbonyl (C=O) groups is 1. The third-order valence-corrected chi connectivity index (χ3v) is 7.42. The molecule has 1 aliphatic heterocycles. The number of hydrogen-bond acceptors (Lipinski definition) is 7. The summed E-state index contributed by atoms with van der Waals surface area (Å²) in [4.78, 5) is 32.7. The van der Waals surface area contributed by atoms with E-state index in [4.69, 9.17) is 19.2 Å². The highest BCUT2D eigenvalue weighted by Gasteiger charge is 2.32. The summed E-state index contributed by atoms with van der Waals surface area (Å²) in [6, 6.07) is 21.3. The molecule has 1 aliphatic rings. The lowest BCUT2D eigenvalue weighted by atomic mass is 9.95. The van der Waals surface area contributed by atoms with Gasteiger partial charge in [0.1, 0.15) is 5.75 Å². The predicted octanol–water partition coefficient (Wildman–Crippen LogP) is 3.90. The first kappa shape index (κ1) is 26.0. The van der Waals surface area contributed by atoms with Gasteiger partial charge < -0.3 is 19.5 Å². The van der Waals surface area contributed by atoms with E-state index in [9.17, 15) is 9.59 Å². The van der Waals surface area contributed by atoms with E-state index in [0.717, 1.165) is 11.1 Å². The third kappa shape index (κ3) is 5.08. The number of aromatic nitrogens is 1. The number of allylic oxidation sites excluding steroid dienone is 1. The summed E-state index contributed by atoms with van der Waals surface area (Å²) < 4.78 is 18.2. The van der Waals surface area contributed by atoms with Crippen LogP contribution in [-0.2, 0) is 4.79 Å². The molecule has 3 aromatic carbocycles. The lowest BCUT2D eigenvalue weighted by Gasteiger charge is -2.25. The number of benzene rings is 3. The second kappa shape index (κ2) is 11.0. The molecule has 9 heteroatoms. The van der Waals surface area contributed by atoms with Crippen LogP contribution in [0.4, 0.5) is 5.69 Å². The SMILES string of the molecule is COc1ccc([C@@H]2C(C(=O)Nc3ccccc3)=C(C)N=c3s/c(=C/c4ccc(OC)c(OC)c4)c(=O)n32)cc1. The Hall–Kier alpha value is -4.63. The molecule has 1 N–H and O–H groups in total. The molecular formula is C30H27N3O5S. The smallest absolute Gasteiger partial charge is 0.271 e. The zero-order chi connectivity index (χ0) is 27.5. The average molecular weight is 542 g/mol. The van der Waals surface area contributed by atoms with E-state index in [1.165, 1.54) is 11.3 Å². The van der Waals surface area contributed by atoms with Gasteiger partial charge in [-0.05, 0) is 60.5 Å². The van der Waals surface area contributed by atoms with Gasteiger partial charge in [0, 0.05) is 5.69 Å². The van der Waals surface area contributed by atoms with Crippen LogP contribution in [0, 0.1) is 0 Å². The van der Waals surface area contributed by atoms with Crippen molar-refractivity contribution < 1.29 is 19.0 Å². The third-order valence-electron chi connectivity index (χ3n) is 6.43. The number of nitrogens with one attached hydrogen (secondary N) is 1. The average Bonchev–Trinajstić information content (AvgIpc) is 3.26. The largest absolute Gasteiger partial charge is 0.497 e. The highest BCUT2D eigenvalue weighted by atomic mass is 32.1. The van der Waals surface area contributed by atoms with Gasteiger partial charge in [-0.25, -0.2) is 4.99 Å². The number of rotatable bonds is 7. The number of methoxy groups -OCH3 is 3. The van der Waals surface area contributed by atoms with Crippen LogP contribution in [0.2, 0.25) is 0 Å². The maximum Gasteiger partial charge on any atom is 0.271 e. The number of thiazole rings is 1. The molecular weight excluding hydrogens is 514 g/mol. The van der Waals surface area contributed by atoms with Crippen LogP contribution >= 0.6 is 11.3 Å². The van der Waals surface area contributed by atoms with Crippen molar-refractivity contribution in [1.82, 2.24) is 4.57 Å². The molecule has 0 saturated carbocycles. The number of carbonyl (C=O) groups excluding carboxylic acids is 1. The number of fused-ring (bicyclic) bond motifs is 1. The van der Waals surface area contributed by atoms with Crippen molar-refractivity contribution in [2.45, 2.75) is 13.0 Å². The number of anilines is 1. The Bertz CT molecular complexity index is 1740. The van der Waals surface area contributed by atoms with Crippen molar-refractivity contribution in [3.63, 3.8) is 0 Å². The minimum absolute atomic E-state index is 0.244. The normalized spacial score (nSPS) is 14.9. The van der Waals surface area contributed by atoms with Crippen molar-refractivity contribution in [3.05, 3.63) is 115 Å². The predicted molar refractivity (Wildman–Crippen MR) is 151 cm³/mol. The zero-order valence-corrected chi connectivity index (χ0v) is 22.7. The number of nitrogens with zero attached hydrogens (tertiary/aromatic N) is 2. The summed E-state index contributed by atoms with van der Waals surface area (Å²) in [5.74, 6) is 1.51. The fraction of sp³-hybridized carbons (Fsp3) is 0.167. The van der Waals surface area contributed by atoms with Crippen LogP contribution in [0.15, 0.2) is 93.9 Å². The van der Waals surface area contributed by atoms with Crippen LogP contribution in [0.1, 0.15) is 24.1 Å². The molecule has 4 aromatic rings. The molecule has 5 rings (SSSR count). The molecule has 0 saturated heterocycles. The molecule has 0 spiro atoms. The van der Waals surface area contributed by atoms with Crippen LogP contribution < -0.4 is 34.4 Å². The number of amides is 1. The Balaban J connectivity index is 1.66. The molecule has 1 aromatic heterocycles. The molecule has 1 amide bonds. The summed E-state index contributed by atoms with van der Waals surface area (Å²) in [5, 5.41) is 2.96. The number of para-hydroxylation sites is 1.